The Morgan fingerprint density at radius 1 is 0.941 bits per heavy atom. The maximum absolute atomic E-state index is 10.8. The molecule has 3 aromatic heterocycles. The number of nitrogens with one attached hydrogen (secondary N) is 2. The predicted octanol–water partition coefficient (Wildman–Crippen LogP) is 5.78. The Balaban J connectivity index is 0.887. The molecule has 1 amide bonds. The Labute approximate surface area is 301 Å². The van der Waals surface area contributed by atoms with Gasteiger partial charge in [-0.2, -0.15) is 10.6 Å². The van der Waals surface area contributed by atoms with Crippen LogP contribution in [0.5, 0.6) is 5.75 Å². The van der Waals surface area contributed by atoms with Crippen LogP contribution in [0.3, 0.4) is 0 Å². The van der Waals surface area contributed by atoms with Gasteiger partial charge in [-0.05, 0) is 66.6 Å². The lowest BCUT2D eigenvalue weighted by Gasteiger charge is -2.13. The van der Waals surface area contributed by atoms with Crippen molar-refractivity contribution in [1.29, 1.82) is 0 Å². The molecule has 1 atom stereocenters. The molecule has 0 aliphatic heterocycles. The fourth-order valence-electron chi connectivity index (χ4n) is 6.28. The summed E-state index contributed by atoms with van der Waals surface area (Å²) in [5.41, 5.74) is 13.9. The molecule has 12 nitrogen and oxygen atoms in total. The number of carbonyl (C=O) groups excluding carboxylic acids is 1. The lowest BCUT2D eigenvalue weighted by molar-refractivity contribution is -0.109. The van der Waals surface area contributed by atoms with E-state index in [4.69, 9.17) is 24.0 Å². The summed E-state index contributed by atoms with van der Waals surface area (Å²) in [6, 6.07) is 16.4. The van der Waals surface area contributed by atoms with Crippen molar-refractivity contribution in [3.63, 3.8) is 0 Å². The number of rotatable bonds is 21. The van der Waals surface area contributed by atoms with E-state index >= 15 is 0 Å². The number of ether oxygens (including phenoxy) is 4. The zero-order valence-corrected chi connectivity index (χ0v) is 29.6. The summed E-state index contributed by atoms with van der Waals surface area (Å²) in [4.78, 5) is 20.5. The molecule has 13 heteroatoms. The van der Waals surface area contributed by atoms with Gasteiger partial charge in [-0.1, -0.05) is 30.3 Å². The number of amides is 1. The summed E-state index contributed by atoms with van der Waals surface area (Å²) < 4.78 is 25.3. The Morgan fingerprint density at radius 3 is 2.45 bits per heavy atom. The van der Waals surface area contributed by atoms with Crippen LogP contribution in [0.2, 0.25) is 0 Å². The van der Waals surface area contributed by atoms with Crippen LogP contribution in [0.1, 0.15) is 41.3 Å². The van der Waals surface area contributed by atoms with Crippen LogP contribution >= 0.6 is 11.3 Å². The fraction of sp³-hybridized carbons (Fsp3) is 0.368. The highest BCUT2D eigenvalue weighted by molar-refractivity contribution is 7.13. The predicted molar refractivity (Wildman–Crippen MR) is 195 cm³/mol. The molecule has 1 aliphatic rings. The van der Waals surface area contributed by atoms with Gasteiger partial charge in [0.25, 0.3) is 0 Å². The third-order valence-electron chi connectivity index (χ3n) is 8.82. The SMILES string of the molecule is Cc1ncsc1-c1ccc(CNC=O)c(OCCOCCOCCOCCCn2ncc(-c3ccc4c(c3)CCC4NO)c2-c2ccncc2)c1. The zero-order valence-electron chi connectivity index (χ0n) is 28.8. The number of aromatic nitrogens is 4. The van der Waals surface area contributed by atoms with Gasteiger partial charge in [0.1, 0.15) is 12.4 Å². The highest BCUT2D eigenvalue weighted by atomic mass is 32.1. The molecule has 0 bridgehead atoms. The van der Waals surface area contributed by atoms with Crippen molar-refractivity contribution in [2.75, 3.05) is 46.2 Å². The lowest BCUT2D eigenvalue weighted by Crippen LogP contribution is -2.15. The molecule has 2 aromatic carbocycles. The van der Waals surface area contributed by atoms with Crippen molar-refractivity contribution in [1.82, 2.24) is 30.5 Å². The van der Waals surface area contributed by atoms with Crippen LogP contribution in [0.25, 0.3) is 32.8 Å². The quantitative estimate of drug-likeness (QED) is 0.0488. The monoisotopic (exact) mass is 712 g/mol. The smallest absolute Gasteiger partial charge is 0.207 e. The number of thiazole rings is 1. The summed E-state index contributed by atoms with van der Waals surface area (Å²) in [6.07, 6.45) is 8.83. The summed E-state index contributed by atoms with van der Waals surface area (Å²) in [5, 5.41) is 17.0. The normalized spacial score (nSPS) is 13.7. The van der Waals surface area contributed by atoms with E-state index in [-0.39, 0.29) is 6.04 Å². The van der Waals surface area contributed by atoms with Crippen LogP contribution in [-0.4, -0.2) is 77.6 Å². The number of carbonyl (C=O) groups is 1. The van der Waals surface area contributed by atoms with Gasteiger partial charge in [-0.15, -0.1) is 11.3 Å². The molecule has 6 rings (SSSR count). The van der Waals surface area contributed by atoms with E-state index in [9.17, 15) is 10.0 Å². The molecule has 0 spiro atoms. The van der Waals surface area contributed by atoms with Crippen LogP contribution < -0.4 is 15.5 Å². The first-order chi connectivity index (χ1) is 25.2. The Morgan fingerprint density at radius 2 is 1.71 bits per heavy atom. The van der Waals surface area contributed by atoms with Gasteiger partial charge in [0.15, 0.2) is 0 Å². The van der Waals surface area contributed by atoms with Gasteiger partial charge in [0.05, 0.1) is 67.0 Å². The van der Waals surface area contributed by atoms with Gasteiger partial charge in [0.2, 0.25) is 6.41 Å². The minimum absolute atomic E-state index is 0.0105. The Hall–Kier alpha value is -4.50. The van der Waals surface area contributed by atoms with E-state index in [1.807, 2.05) is 53.6 Å². The third-order valence-corrected chi connectivity index (χ3v) is 9.80. The maximum Gasteiger partial charge on any atom is 0.207 e. The Kier molecular flexibility index (Phi) is 13.3. The average Bonchev–Trinajstić information content (AvgIpc) is 3.91. The van der Waals surface area contributed by atoms with Crippen molar-refractivity contribution >= 4 is 17.7 Å². The van der Waals surface area contributed by atoms with E-state index in [2.05, 4.69) is 39.0 Å². The Bertz CT molecular complexity index is 1850. The highest BCUT2D eigenvalue weighted by Gasteiger charge is 2.23. The minimum atomic E-state index is -0.0105. The van der Waals surface area contributed by atoms with Crippen LogP contribution in [0, 0.1) is 6.92 Å². The summed E-state index contributed by atoms with van der Waals surface area (Å²) in [5.74, 6) is 0.711. The fourth-order valence-corrected chi connectivity index (χ4v) is 7.08. The van der Waals surface area contributed by atoms with Gasteiger partial charge in [0, 0.05) is 48.8 Å². The molecule has 0 radical (unpaired) electrons. The van der Waals surface area contributed by atoms with Gasteiger partial charge in [-0.25, -0.2) is 4.98 Å². The second kappa shape index (κ2) is 18.7. The number of hydroxylamine groups is 1. The van der Waals surface area contributed by atoms with Crippen LogP contribution in [0.15, 0.2) is 72.6 Å². The lowest BCUT2D eigenvalue weighted by atomic mass is 9.98. The first-order valence-corrected chi connectivity index (χ1v) is 18.1. The summed E-state index contributed by atoms with van der Waals surface area (Å²) in [7, 11) is 0. The highest BCUT2D eigenvalue weighted by Crippen LogP contribution is 2.37. The first-order valence-electron chi connectivity index (χ1n) is 17.2. The topological polar surface area (TPSA) is 142 Å². The van der Waals surface area contributed by atoms with E-state index in [1.165, 1.54) is 5.56 Å². The van der Waals surface area contributed by atoms with Crippen LogP contribution in [0.4, 0.5) is 0 Å². The number of nitrogens with zero attached hydrogens (tertiary/aromatic N) is 4. The van der Waals surface area contributed by atoms with E-state index < -0.39 is 0 Å². The minimum Gasteiger partial charge on any atom is -0.491 e. The van der Waals surface area contributed by atoms with Crippen molar-refractivity contribution in [3.8, 4) is 38.6 Å². The summed E-state index contributed by atoms with van der Waals surface area (Å²) in [6.45, 7) is 6.34. The number of benzene rings is 2. The molecule has 5 aromatic rings. The molecule has 1 unspecified atom stereocenters. The molecular weight excluding hydrogens is 669 g/mol. The molecular formula is C38H44N6O6S. The van der Waals surface area contributed by atoms with Crippen molar-refractivity contribution in [3.05, 3.63) is 95.0 Å². The van der Waals surface area contributed by atoms with E-state index in [0.717, 1.165) is 68.9 Å². The largest absolute Gasteiger partial charge is 0.491 e. The molecule has 3 heterocycles. The third kappa shape index (κ3) is 9.44. The maximum atomic E-state index is 10.8. The second-order valence-corrected chi connectivity index (χ2v) is 13.0. The number of fused-ring (bicyclic) bond motifs is 1. The van der Waals surface area contributed by atoms with Crippen molar-refractivity contribution in [2.45, 2.75) is 45.3 Å². The average molecular weight is 713 g/mol. The molecule has 268 valence electrons. The number of pyridine rings is 1. The number of hydrogen-bond acceptors (Lipinski definition) is 11. The first kappa shape index (κ1) is 36.3. The van der Waals surface area contributed by atoms with Gasteiger partial charge >= 0.3 is 0 Å². The molecule has 0 saturated carbocycles. The van der Waals surface area contributed by atoms with Gasteiger partial charge < -0.3 is 29.5 Å². The second-order valence-electron chi connectivity index (χ2n) is 12.1. The number of aryl methyl sites for hydroxylation is 3. The standard InChI is InChI=1S/C38H44N6O6S/c1-27-38(51-26-41-27)31-3-4-32(23-40-25-45)36(22-31)50-20-19-49-18-17-48-16-15-47-14-2-13-44-37(28-9-11-39-12-10-28)34(24-42-44)30-5-7-33-29(21-30)6-8-35(33)43-46/h3-5,7,9-12,21-22,24-26,35,43,46H,2,6,8,13-20,23H2,1H3,(H,40,45). The van der Waals surface area contributed by atoms with Gasteiger partial charge in [-0.3, -0.25) is 14.5 Å². The zero-order chi connectivity index (χ0) is 35.3. The molecule has 51 heavy (non-hydrogen) atoms. The number of hydrogen-bond donors (Lipinski definition) is 3. The molecule has 0 fully saturated rings. The van der Waals surface area contributed by atoms with E-state index in [1.54, 1.807) is 23.7 Å². The van der Waals surface area contributed by atoms with Crippen molar-refractivity contribution in [2.24, 2.45) is 0 Å². The molecule has 1 aliphatic carbocycles. The summed E-state index contributed by atoms with van der Waals surface area (Å²) >= 11 is 1.59. The van der Waals surface area contributed by atoms with Crippen molar-refractivity contribution < 1.29 is 28.9 Å². The molecule has 3 N–H and O–H groups in total. The van der Waals surface area contributed by atoms with E-state index in [0.29, 0.717) is 71.5 Å². The van der Waals surface area contributed by atoms with Crippen LogP contribution in [-0.2, 0) is 38.5 Å². The molecule has 0 saturated heterocycles.